The van der Waals surface area contributed by atoms with E-state index in [0.29, 0.717) is 6.04 Å². The van der Waals surface area contributed by atoms with Gasteiger partial charge in [-0.25, -0.2) is 0 Å². The zero-order valence-corrected chi connectivity index (χ0v) is 12.5. The molecule has 0 aromatic heterocycles. The molecule has 0 amide bonds. The second-order valence-corrected chi connectivity index (χ2v) is 6.96. The highest BCUT2D eigenvalue weighted by Gasteiger charge is 2.37. The molecule has 0 unspecified atom stereocenters. The molecule has 1 N–H and O–H groups in total. The monoisotopic (exact) mass is 307 g/mol. The van der Waals surface area contributed by atoms with E-state index in [1.54, 1.807) is 0 Å². The van der Waals surface area contributed by atoms with Crippen molar-refractivity contribution in [3.8, 4) is 0 Å². The minimum atomic E-state index is 0.676. The molecule has 2 saturated carbocycles. The van der Waals surface area contributed by atoms with Crippen molar-refractivity contribution < 1.29 is 0 Å². The van der Waals surface area contributed by atoms with Gasteiger partial charge in [0.05, 0.1) is 0 Å². The van der Waals surface area contributed by atoms with Crippen LogP contribution in [0.1, 0.15) is 51.4 Å². The second kappa shape index (κ2) is 5.24. The summed E-state index contributed by atoms with van der Waals surface area (Å²) in [6.45, 7) is 0. The zero-order chi connectivity index (χ0) is 12.4. The van der Waals surface area contributed by atoms with Crippen molar-refractivity contribution in [1.82, 2.24) is 0 Å². The van der Waals surface area contributed by atoms with Gasteiger partial charge in [0.1, 0.15) is 0 Å². The number of rotatable bonds is 2. The summed E-state index contributed by atoms with van der Waals surface area (Å²) < 4.78 is 1.19. The van der Waals surface area contributed by atoms with Gasteiger partial charge < -0.3 is 5.32 Å². The highest BCUT2D eigenvalue weighted by Crippen LogP contribution is 2.49. The zero-order valence-electron chi connectivity index (χ0n) is 10.9. The molecule has 2 fully saturated rings. The van der Waals surface area contributed by atoms with E-state index >= 15 is 0 Å². The molecular formula is C16H22BrN. The summed E-state index contributed by atoms with van der Waals surface area (Å²) in [5.74, 6) is 0. The van der Waals surface area contributed by atoms with Crippen LogP contribution in [0, 0.1) is 5.41 Å². The van der Waals surface area contributed by atoms with Gasteiger partial charge in [-0.1, -0.05) is 25.0 Å². The van der Waals surface area contributed by atoms with Gasteiger partial charge in [-0.15, -0.1) is 0 Å². The van der Waals surface area contributed by atoms with Gasteiger partial charge in [-0.05, 0) is 72.0 Å². The maximum Gasteiger partial charge on any atom is 0.0486 e. The Kier molecular flexibility index (Phi) is 3.65. The number of nitrogens with one attached hydrogen (secondary N) is 1. The molecule has 1 nitrogen and oxygen atoms in total. The van der Waals surface area contributed by atoms with Gasteiger partial charge in [-0.2, -0.15) is 0 Å². The lowest BCUT2D eigenvalue weighted by Gasteiger charge is -2.38. The number of anilines is 1. The Morgan fingerprint density at radius 1 is 1.00 bits per heavy atom. The number of hydrogen-bond donors (Lipinski definition) is 1. The molecule has 1 aromatic rings. The molecular weight excluding hydrogens is 286 g/mol. The summed E-state index contributed by atoms with van der Waals surface area (Å²) >= 11 is 3.62. The summed E-state index contributed by atoms with van der Waals surface area (Å²) in [6, 6.07) is 9.14. The van der Waals surface area contributed by atoms with E-state index in [2.05, 4.69) is 45.5 Å². The molecule has 2 aliphatic rings. The predicted molar refractivity (Wildman–Crippen MR) is 80.9 cm³/mol. The lowest BCUT2D eigenvalue weighted by atomic mass is 9.71. The topological polar surface area (TPSA) is 12.0 Å². The largest absolute Gasteiger partial charge is 0.381 e. The van der Waals surface area contributed by atoms with Crippen molar-refractivity contribution >= 4 is 21.6 Å². The molecule has 1 aromatic carbocycles. The number of para-hydroxylation sites is 1. The van der Waals surface area contributed by atoms with Crippen LogP contribution in [0.4, 0.5) is 5.69 Å². The Bertz CT molecular complexity index is 399. The van der Waals surface area contributed by atoms with Crippen LogP contribution in [0.25, 0.3) is 0 Å². The normalized spacial score (nSPS) is 23.4. The molecule has 18 heavy (non-hydrogen) atoms. The molecule has 2 heteroatoms. The van der Waals surface area contributed by atoms with Crippen LogP contribution in [0.3, 0.4) is 0 Å². The Balaban J connectivity index is 1.59. The van der Waals surface area contributed by atoms with Gasteiger partial charge in [0.2, 0.25) is 0 Å². The van der Waals surface area contributed by atoms with E-state index in [1.165, 1.54) is 61.5 Å². The second-order valence-electron chi connectivity index (χ2n) is 6.11. The molecule has 0 heterocycles. The SMILES string of the molecule is Brc1ccccc1NC1CCC2(CCCC2)CC1. The van der Waals surface area contributed by atoms with Gasteiger partial charge in [0.15, 0.2) is 0 Å². The lowest BCUT2D eigenvalue weighted by molar-refractivity contribution is 0.188. The predicted octanol–water partition coefficient (Wildman–Crippen LogP) is 5.36. The van der Waals surface area contributed by atoms with Crippen molar-refractivity contribution in [2.75, 3.05) is 5.32 Å². The van der Waals surface area contributed by atoms with E-state index in [4.69, 9.17) is 0 Å². The molecule has 2 aliphatic carbocycles. The van der Waals surface area contributed by atoms with E-state index in [9.17, 15) is 0 Å². The Morgan fingerprint density at radius 2 is 1.67 bits per heavy atom. The van der Waals surface area contributed by atoms with Gasteiger partial charge in [0, 0.05) is 16.2 Å². The van der Waals surface area contributed by atoms with Crippen LogP contribution < -0.4 is 5.32 Å². The van der Waals surface area contributed by atoms with Crippen LogP contribution >= 0.6 is 15.9 Å². The van der Waals surface area contributed by atoms with Crippen molar-refractivity contribution in [1.29, 1.82) is 0 Å². The highest BCUT2D eigenvalue weighted by molar-refractivity contribution is 9.10. The third-order valence-corrected chi connectivity index (χ3v) is 5.64. The molecule has 0 saturated heterocycles. The third-order valence-electron chi connectivity index (χ3n) is 4.94. The Labute approximate surface area is 118 Å². The van der Waals surface area contributed by atoms with E-state index in [0.717, 1.165) is 5.41 Å². The average Bonchev–Trinajstić information content (AvgIpc) is 2.84. The fourth-order valence-electron chi connectivity index (χ4n) is 3.80. The number of hydrogen-bond acceptors (Lipinski definition) is 1. The molecule has 98 valence electrons. The quantitative estimate of drug-likeness (QED) is 0.775. The standard InChI is InChI=1S/C16H22BrN/c17-14-5-1-2-6-15(14)18-13-7-11-16(12-8-13)9-3-4-10-16/h1-2,5-6,13,18H,3-4,7-12H2. The molecule has 0 aliphatic heterocycles. The van der Waals surface area contributed by atoms with Crippen LogP contribution in [0.15, 0.2) is 28.7 Å². The smallest absolute Gasteiger partial charge is 0.0486 e. The first-order chi connectivity index (χ1) is 8.77. The highest BCUT2D eigenvalue weighted by atomic mass is 79.9. The molecule has 1 spiro atoms. The van der Waals surface area contributed by atoms with Crippen molar-refractivity contribution in [3.05, 3.63) is 28.7 Å². The van der Waals surface area contributed by atoms with Crippen LogP contribution in [0.5, 0.6) is 0 Å². The van der Waals surface area contributed by atoms with E-state index in [-0.39, 0.29) is 0 Å². The minimum Gasteiger partial charge on any atom is -0.381 e. The van der Waals surface area contributed by atoms with E-state index in [1.807, 2.05) is 0 Å². The van der Waals surface area contributed by atoms with Crippen LogP contribution in [-0.2, 0) is 0 Å². The molecule has 0 radical (unpaired) electrons. The summed E-state index contributed by atoms with van der Waals surface area (Å²) in [7, 11) is 0. The molecule has 0 bridgehead atoms. The van der Waals surface area contributed by atoms with Gasteiger partial charge in [-0.3, -0.25) is 0 Å². The van der Waals surface area contributed by atoms with Crippen LogP contribution in [0.2, 0.25) is 0 Å². The maximum atomic E-state index is 3.71. The summed E-state index contributed by atoms with van der Waals surface area (Å²) in [5, 5.41) is 3.71. The first-order valence-corrected chi connectivity index (χ1v) is 8.08. The Morgan fingerprint density at radius 3 is 2.33 bits per heavy atom. The summed E-state index contributed by atoms with van der Waals surface area (Å²) in [4.78, 5) is 0. The third kappa shape index (κ3) is 2.59. The molecule has 3 rings (SSSR count). The maximum absolute atomic E-state index is 3.71. The van der Waals surface area contributed by atoms with Crippen molar-refractivity contribution in [2.45, 2.75) is 57.4 Å². The summed E-state index contributed by atoms with van der Waals surface area (Å²) in [5.41, 5.74) is 2.00. The average molecular weight is 308 g/mol. The Hall–Kier alpha value is -0.500. The number of benzene rings is 1. The van der Waals surface area contributed by atoms with Gasteiger partial charge in [0.25, 0.3) is 0 Å². The first kappa shape index (κ1) is 12.5. The fraction of sp³-hybridized carbons (Fsp3) is 0.625. The van der Waals surface area contributed by atoms with Crippen molar-refractivity contribution in [2.24, 2.45) is 5.41 Å². The summed E-state index contributed by atoms with van der Waals surface area (Å²) in [6.07, 6.45) is 11.5. The fourth-order valence-corrected chi connectivity index (χ4v) is 4.20. The van der Waals surface area contributed by atoms with Gasteiger partial charge >= 0.3 is 0 Å². The van der Waals surface area contributed by atoms with Crippen LogP contribution in [-0.4, -0.2) is 6.04 Å². The molecule has 0 atom stereocenters. The number of halogens is 1. The first-order valence-electron chi connectivity index (χ1n) is 7.29. The minimum absolute atomic E-state index is 0.676. The van der Waals surface area contributed by atoms with Crippen molar-refractivity contribution in [3.63, 3.8) is 0 Å². The lowest BCUT2D eigenvalue weighted by Crippen LogP contribution is -2.31. The van der Waals surface area contributed by atoms with E-state index < -0.39 is 0 Å².